The summed E-state index contributed by atoms with van der Waals surface area (Å²) in [6, 6.07) is 0. The topological polar surface area (TPSA) is 64.6 Å². The van der Waals surface area contributed by atoms with Crippen LogP contribution in [0.5, 0.6) is 0 Å². The van der Waals surface area contributed by atoms with Gasteiger partial charge >= 0.3 is 6.09 Å². The van der Waals surface area contributed by atoms with Crippen LogP contribution < -0.4 is 5.32 Å². The molecular weight excluding hydrogens is 302 g/mol. The summed E-state index contributed by atoms with van der Waals surface area (Å²) in [6.07, 6.45) is 0.409. The predicted molar refractivity (Wildman–Crippen MR) is 71.0 cm³/mol. The second-order valence-electron chi connectivity index (χ2n) is 5.38. The van der Waals surface area contributed by atoms with Gasteiger partial charge in [0.15, 0.2) is 5.78 Å². The van der Waals surface area contributed by atoms with E-state index in [4.69, 9.17) is 9.47 Å². The number of rotatable bonds is 3. The molecule has 1 aliphatic rings. The van der Waals surface area contributed by atoms with Gasteiger partial charge in [-0.3, -0.25) is 4.79 Å². The van der Waals surface area contributed by atoms with E-state index in [0.717, 1.165) is 0 Å². The molecule has 18 heavy (non-hydrogen) atoms. The minimum Gasteiger partial charge on any atom is -0.444 e. The Morgan fingerprint density at radius 2 is 1.89 bits per heavy atom. The summed E-state index contributed by atoms with van der Waals surface area (Å²) in [6.45, 7) is 6.30. The molecule has 1 aliphatic heterocycles. The van der Waals surface area contributed by atoms with Gasteiger partial charge in [-0.15, -0.1) is 0 Å². The number of hydrogen-bond donors (Lipinski definition) is 1. The zero-order chi connectivity index (χ0) is 13.8. The van der Waals surface area contributed by atoms with Gasteiger partial charge in [-0.2, -0.15) is 0 Å². The summed E-state index contributed by atoms with van der Waals surface area (Å²) in [4.78, 5) is 23.8. The molecule has 0 radical (unpaired) electrons. The highest BCUT2D eigenvalue weighted by atomic mass is 79.9. The summed E-state index contributed by atoms with van der Waals surface area (Å²) in [5.41, 5.74) is -1.43. The molecule has 0 saturated carbocycles. The SMILES string of the molecule is CC(C)(C)OC(=O)NC1(C(=O)CBr)CCOCC1. The molecule has 1 N–H and O–H groups in total. The molecule has 104 valence electrons. The van der Waals surface area contributed by atoms with Crippen molar-refractivity contribution in [1.29, 1.82) is 0 Å². The second-order valence-corrected chi connectivity index (χ2v) is 5.94. The number of halogens is 1. The van der Waals surface area contributed by atoms with E-state index >= 15 is 0 Å². The predicted octanol–water partition coefficient (Wildman–Crippen LogP) is 2.02. The number of amides is 1. The summed E-state index contributed by atoms with van der Waals surface area (Å²) < 4.78 is 10.4. The lowest BCUT2D eigenvalue weighted by Crippen LogP contribution is -2.58. The van der Waals surface area contributed by atoms with Gasteiger partial charge in [0.2, 0.25) is 0 Å². The minimum absolute atomic E-state index is 0.0448. The molecular formula is C12H20BrNO4. The first-order valence-corrected chi connectivity index (χ1v) is 7.09. The molecule has 0 aromatic heterocycles. The van der Waals surface area contributed by atoms with E-state index in [2.05, 4.69) is 21.2 Å². The molecule has 6 heteroatoms. The second kappa shape index (κ2) is 6.02. The Balaban J connectivity index is 2.73. The zero-order valence-electron chi connectivity index (χ0n) is 11.0. The van der Waals surface area contributed by atoms with Gasteiger partial charge in [0, 0.05) is 26.1 Å². The molecule has 1 amide bonds. The van der Waals surface area contributed by atoms with E-state index in [0.29, 0.717) is 26.1 Å². The molecule has 0 aromatic carbocycles. The highest BCUT2D eigenvalue weighted by molar-refractivity contribution is 9.09. The van der Waals surface area contributed by atoms with Crippen molar-refractivity contribution < 1.29 is 19.1 Å². The molecule has 0 atom stereocenters. The normalized spacial score (nSPS) is 19.1. The lowest BCUT2D eigenvalue weighted by molar-refractivity contribution is -0.126. The quantitative estimate of drug-likeness (QED) is 0.808. The molecule has 1 fully saturated rings. The molecule has 1 rings (SSSR count). The Hall–Kier alpha value is -0.620. The number of nitrogens with one attached hydrogen (secondary N) is 1. The smallest absolute Gasteiger partial charge is 0.408 e. The highest BCUT2D eigenvalue weighted by Crippen LogP contribution is 2.23. The van der Waals surface area contributed by atoms with E-state index in [9.17, 15) is 9.59 Å². The Morgan fingerprint density at radius 1 is 1.33 bits per heavy atom. The Kier molecular flexibility index (Phi) is 5.16. The monoisotopic (exact) mass is 321 g/mol. The Morgan fingerprint density at radius 3 is 2.33 bits per heavy atom. The molecule has 0 aliphatic carbocycles. The van der Waals surface area contributed by atoms with Crippen LogP contribution in [-0.2, 0) is 14.3 Å². The summed E-state index contributed by atoms with van der Waals surface area (Å²) in [5.74, 6) is -0.0448. The van der Waals surface area contributed by atoms with Crippen LogP contribution in [0.3, 0.4) is 0 Å². The first kappa shape index (κ1) is 15.4. The third-order valence-corrected chi connectivity index (χ3v) is 3.25. The van der Waals surface area contributed by atoms with E-state index < -0.39 is 17.2 Å². The van der Waals surface area contributed by atoms with Crippen molar-refractivity contribution in [1.82, 2.24) is 5.32 Å². The molecule has 0 unspecified atom stereocenters. The van der Waals surface area contributed by atoms with Crippen LogP contribution in [0.1, 0.15) is 33.6 Å². The third-order valence-electron chi connectivity index (χ3n) is 2.74. The number of alkyl carbamates (subject to hydrolysis) is 1. The largest absolute Gasteiger partial charge is 0.444 e. The maximum absolute atomic E-state index is 12.0. The van der Waals surface area contributed by atoms with Crippen molar-refractivity contribution in [3.63, 3.8) is 0 Å². The first-order valence-electron chi connectivity index (χ1n) is 5.97. The average molecular weight is 322 g/mol. The maximum atomic E-state index is 12.0. The van der Waals surface area contributed by atoms with E-state index in [1.165, 1.54) is 0 Å². The van der Waals surface area contributed by atoms with Crippen molar-refractivity contribution in [2.75, 3.05) is 18.5 Å². The summed E-state index contributed by atoms with van der Waals surface area (Å²) in [7, 11) is 0. The van der Waals surface area contributed by atoms with Crippen LogP contribution in [0.2, 0.25) is 0 Å². The lowest BCUT2D eigenvalue weighted by atomic mass is 9.86. The number of ketones is 1. The van der Waals surface area contributed by atoms with Crippen molar-refractivity contribution in [3.05, 3.63) is 0 Å². The van der Waals surface area contributed by atoms with Crippen molar-refractivity contribution in [3.8, 4) is 0 Å². The number of hydrogen-bond acceptors (Lipinski definition) is 4. The number of Topliss-reactive ketones (excluding diaryl/α,β-unsaturated/α-hetero) is 1. The standard InChI is InChI=1S/C12H20BrNO4/c1-11(2,3)18-10(16)14-12(9(15)8-13)4-6-17-7-5-12/h4-8H2,1-3H3,(H,14,16). The van der Waals surface area contributed by atoms with Crippen LogP contribution in [0, 0.1) is 0 Å². The molecule has 5 nitrogen and oxygen atoms in total. The minimum atomic E-state index is -0.857. The zero-order valence-corrected chi connectivity index (χ0v) is 12.6. The van der Waals surface area contributed by atoms with E-state index in [-0.39, 0.29) is 11.1 Å². The highest BCUT2D eigenvalue weighted by Gasteiger charge is 2.41. The van der Waals surface area contributed by atoms with Gasteiger partial charge < -0.3 is 14.8 Å². The number of carbonyl (C=O) groups excluding carboxylic acids is 2. The van der Waals surface area contributed by atoms with Crippen LogP contribution >= 0.6 is 15.9 Å². The van der Waals surface area contributed by atoms with E-state index in [1.54, 1.807) is 20.8 Å². The molecule has 1 saturated heterocycles. The van der Waals surface area contributed by atoms with Crippen molar-refractivity contribution in [2.45, 2.75) is 44.8 Å². The van der Waals surface area contributed by atoms with Crippen LogP contribution in [-0.4, -0.2) is 41.6 Å². The lowest BCUT2D eigenvalue weighted by Gasteiger charge is -2.36. The van der Waals surface area contributed by atoms with Gasteiger partial charge in [0.1, 0.15) is 11.1 Å². The first-order chi connectivity index (χ1) is 8.29. The van der Waals surface area contributed by atoms with Gasteiger partial charge in [-0.05, 0) is 20.8 Å². The number of ether oxygens (including phenoxy) is 2. The fourth-order valence-corrected chi connectivity index (χ4v) is 2.36. The van der Waals surface area contributed by atoms with Crippen LogP contribution in [0.15, 0.2) is 0 Å². The maximum Gasteiger partial charge on any atom is 0.408 e. The van der Waals surface area contributed by atoms with E-state index in [1.807, 2.05) is 0 Å². The molecule has 1 heterocycles. The van der Waals surface area contributed by atoms with Gasteiger partial charge in [0.05, 0.1) is 5.33 Å². The third kappa shape index (κ3) is 4.24. The fourth-order valence-electron chi connectivity index (χ4n) is 1.82. The number of carbonyl (C=O) groups is 2. The van der Waals surface area contributed by atoms with Crippen molar-refractivity contribution >= 4 is 27.8 Å². The van der Waals surface area contributed by atoms with Crippen LogP contribution in [0.4, 0.5) is 4.79 Å². The van der Waals surface area contributed by atoms with Crippen molar-refractivity contribution in [2.24, 2.45) is 0 Å². The summed E-state index contributed by atoms with van der Waals surface area (Å²) >= 11 is 3.15. The molecule has 0 spiro atoms. The fraction of sp³-hybridized carbons (Fsp3) is 0.833. The van der Waals surface area contributed by atoms with Gasteiger partial charge in [-0.1, -0.05) is 15.9 Å². The molecule has 0 bridgehead atoms. The van der Waals surface area contributed by atoms with Gasteiger partial charge in [0.25, 0.3) is 0 Å². The Bertz CT molecular complexity index is 319. The molecule has 0 aromatic rings. The van der Waals surface area contributed by atoms with Crippen LogP contribution in [0.25, 0.3) is 0 Å². The Labute approximate surface area is 116 Å². The average Bonchev–Trinajstić information content (AvgIpc) is 2.26. The van der Waals surface area contributed by atoms with Gasteiger partial charge in [-0.25, -0.2) is 4.79 Å². The summed E-state index contributed by atoms with van der Waals surface area (Å²) in [5, 5.41) is 2.93. The number of alkyl halides is 1.